The van der Waals surface area contributed by atoms with E-state index in [1.165, 1.54) is 6.07 Å². The van der Waals surface area contributed by atoms with Gasteiger partial charge in [-0.25, -0.2) is 4.39 Å². The number of hydrogen-bond acceptors (Lipinski definition) is 2. The minimum atomic E-state index is -0.435. The highest BCUT2D eigenvalue weighted by Gasteiger charge is 2.27. The summed E-state index contributed by atoms with van der Waals surface area (Å²) in [6.45, 7) is 0. The van der Waals surface area contributed by atoms with E-state index >= 15 is 0 Å². The standard InChI is InChI=1S/C15H13ClFNO/c16-11-6-5-9(7-12(11)17)15-8-13(18)10-3-1-2-4-14(10)19-15/h1-7,13,15H,8,18H2/t13-,15?/m0/s1. The maximum atomic E-state index is 13.5. The van der Waals surface area contributed by atoms with Crippen LogP contribution in [0.3, 0.4) is 0 Å². The number of fused-ring (bicyclic) bond motifs is 1. The lowest BCUT2D eigenvalue weighted by atomic mass is 9.93. The van der Waals surface area contributed by atoms with Crippen molar-refractivity contribution >= 4 is 11.6 Å². The van der Waals surface area contributed by atoms with E-state index in [4.69, 9.17) is 22.1 Å². The van der Waals surface area contributed by atoms with Gasteiger partial charge in [0.05, 0.1) is 5.02 Å². The van der Waals surface area contributed by atoms with Gasteiger partial charge in [0.1, 0.15) is 17.7 Å². The zero-order valence-electron chi connectivity index (χ0n) is 10.1. The summed E-state index contributed by atoms with van der Waals surface area (Å²) in [5.41, 5.74) is 7.89. The fourth-order valence-electron chi connectivity index (χ4n) is 2.37. The van der Waals surface area contributed by atoms with E-state index in [0.717, 1.165) is 16.9 Å². The van der Waals surface area contributed by atoms with Crippen LogP contribution < -0.4 is 10.5 Å². The van der Waals surface area contributed by atoms with Crippen LogP contribution >= 0.6 is 11.6 Å². The monoisotopic (exact) mass is 277 g/mol. The first-order valence-corrected chi connectivity index (χ1v) is 6.49. The van der Waals surface area contributed by atoms with E-state index in [9.17, 15) is 4.39 Å². The number of hydrogen-bond donors (Lipinski definition) is 1. The third kappa shape index (κ3) is 2.31. The molecule has 1 heterocycles. The van der Waals surface area contributed by atoms with Crippen molar-refractivity contribution in [3.63, 3.8) is 0 Å². The van der Waals surface area contributed by atoms with Crippen molar-refractivity contribution in [1.29, 1.82) is 0 Å². The summed E-state index contributed by atoms with van der Waals surface area (Å²) in [4.78, 5) is 0. The molecule has 0 spiro atoms. The van der Waals surface area contributed by atoms with Crippen LogP contribution in [-0.2, 0) is 0 Å². The average Bonchev–Trinajstić information content (AvgIpc) is 2.42. The van der Waals surface area contributed by atoms with E-state index in [-0.39, 0.29) is 17.2 Å². The molecule has 0 amide bonds. The van der Waals surface area contributed by atoms with E-state index in [1.54, 1.807) is 12.1 Å². The van der Waals surface area contributed by atoms with Crippen molar-refractivity contribution in [3.05, 3.63) is 64.4 Å². The van der Waals surface area contributed by atoms with Crippen molar-refractivity contribution in [1.82, 2.24) is 0 Å². The van der Waals surface area contributed by atoms with E-state index < -0.39 is 5.82 Å². The Bertz CT molecular complexity index is 617. The van der Waals surface area contributed by atoms with Gasteiger partial charge in [0.25, 0.3) is 0 Å². The van der Waals surface area contributed by atoms with Gasteiger partial charge < -0.3 is 10.5 Å². The van der Waals surface area contributed by atoms with Crippen molar-refractivity contribution < 1.29 is 9.13 Å². The minimum absolute atomic E-state index is 0.103. The van der Waals surface area contributed by atoms with Crippen LogP contribution in [-0.4, -0.2) is 0 Å². The first kappa shape index (κ1) is 12.5. The van der Waals surface area contributed by atoms with Crippen LogP contribution in [0.2, 0.25) is 5.02 Å². The molecule has 19 heavy (non-hydrogen) atoms. The van der Waals surface area contributed by atoms with Gasteiger partial charge in [-0.3, -0.25) is 0 Å². The Kier molecular flexibility index (Phi) is 3.17. The van der Waals surface area contributed by atoms with Gasteiger partial charge in [0, 0.05) is 18.0 Å². The maximum Gasteiger partial charge on any atom is 0.142 e. The highest BCUT2D eigenvalue weighted by molar-refractivity contribution is 6.30. The van der Waals surface area contributed by atoms with Gasteiger partial charge in [-0.1, -0.05) is 35.9 Å². The zero-order valence-corrected chi connectivity index (χ0v) is 10.9. The number of nitrogens with two attached hydrogens (primary N) is 1. The lowest BCUT2D eigenvalue weighted by molar-refractivity contribution is 0.161. The highest BCUT2D eigenvalue weighted by Crippen LogP contribution is 2.39. The van der Waals surface area contributed by atoms with Gasteiger partial charge in [-0.15, -0.1) is 0 Å². The lowest BCUT2D eigenvalue weighted by Gasteiger charge is -2.30. The molecule has 2 atom stereocenters. The molecule has 1 aliphatic heterocycles. The molecule has 0 saturated heterocycles. The molecular formula is C15H13ClFNO. The quantitative estimate of drug-likeness (QED) is 0.855. The molecule has 0 fully saturated rings. The van der Waals surface area contributed by atoms with Crippen molar-refractivity contribution in [2.75, 3.05) is 0 Å². The Labute approximate surface area is 115 Å². The maximum absolute atomic E-state index is 13.5. The van der Waals surface area contributed by atoms with E-state index in [1.807, 2.05) is 24.3 Å². The Morgan fingerprint density at radius 3 is 2.79 bits per heavy atom. The van der Waals surface area contributed by atoms with Gasteiger partial charge >= 0.3 is 0 Å². The van der Waals surface area contributed by atoms with E-state index in [0.29, 0.717) is 6.42 Å². The number of ether oxygens (including phenoxy) is 1. The van der Waals surface area contributed by atoms with Crippen LogP contribution in [0.15, 0.2) is 42.5 Å². The largest absolute Gasteiger partial charge is 0.485 e. The van der Waals surface area contributed by atoms with Crippen molar-refractivity contribution in [2.45, 2.75) is 18.6 Å². The first-order valence-electron chi connectivity index (χ1n) is 6.11. The Hall–Kier alpha value is -1.58. The third-order valence-electron chi connectivity index (χ3n) is 3.37. The second-order valence-corrected chi connectivity index (χ2v) is 5.07. The zero-order chi connectivity index (χ0) is 13.4. The molecule has 2 aromatic carbocycles. The van der Waals surface area contributed by atoms with Crippen molar-refractivity contribution in [3.8, 4) is 5.75 Å². The predicted octanol–water partition coefficient (Wildman–Crippen LogP) is 4.00. The Morgan fingerprint density at radius 2 is 2.00 bits per heavy atom. The first-order chi connectivity index (χ1) is 9.15. The summed E-state index contributed by atoms with van der Waals surface area (Å²) in [6, 6.07) is 12.3. The molecule has 0 aliphatic carbocycles. The Morgan fingerprint density at radius 1 is 1.21 bits per heavy atom. The number of benzene rings is 2. The summed E-state index contributed by atoms with van der Waals surface area (Å²) in [5, 5.41) is 0.115. The van der Waals surface area contributed by atoms with Crippen LogP contribution in [0, 0.1) is 5.82 Å². The second-order valence-electron chi connectivity index (χ2n) is 4.66. The van der Waals surface area contributed by atoms with Crippen LogP contribution in [0.5, 0.6) is 5.75 Å². The number of halogens is 2. The highest BCUT2D eigenvalue weighted by atomic mass is 35.5. The summed E-state index contributed by atoms with van der Waals surface area (Å²) in [6.07, 6.45) is 0.384. The van der Waals surface area contributed by atoms with Gasteiger partial charge in [-0.05, 0) is 23.8 Å². The molecule has 0 radical (unpaired) electrons. The average molecular weight is 278 g/mol. The molecule has 1 unspecified atom stereocenters. The summed E-state index contributed by atoms with van der Waals surface area (Å²) >= 11 is 5.69. The summed E-state index contributed by atoms with van der Waals surface area (Å²) < 4.78 is 19.4. The molecule has 98 valence electrons. The second kappa shape index (κ2) is 4.83. The molecule has 2 N–H and O–H groups in total. The Balaban J connectivity index is 1.94. The van der Waals surface area contributed by atoms with Crippen LogP contribution in [0.25, 0.3) is 0 Å². The fourth-order valence-corrected chi connectivity index (χ4v) is 2.49. The molecule has 0 saturated carbocycles. The topological polar surface area (TPSA) is 35.2 Å². The number of para-hydroxylation sites is 1. The van der Waals surface area contributed by atoms with Gasteiger partial charge in [0.15, 0.2) is 0 Å². The molecule has 1 aliphatic rings. The summed E-state index contributed by atoms with van der Waals surface area (Å²) in [7, 11) is 0. The van der Waals surface area contributed by atoms with Gasteiger partial charge in [0.2, 0.25) is 0 Å². The minimum Gasteiger partial charge on any atom is -0.485 e. The molecule has 3 rings (SSSR count). The van der Waals surface area contributed by atoms with Crippen molar-refractivity contribution in [2.24, 2.45) is 5.73 Å². The molecule has 2 nitrogen and oxygen atoms in total. The summed E-state index contributed by atoms with van der Waals surface area (Å²) in [5.74, 6) is 0.330. The predicted molar refractivity (Wildman–Crippen MR) is 72.8 cm³/mol. The SMILES string of the molecule is N[C@H]1CC(c2ccc(Cl)c(F)c2)Oc2ccccc21. The van der Waals surface area contributed by atoms with Crippen LogP contribution in [0.4, 0.5) is 4.39 Å². The molecular weight excluding hydrogens is 265 g/mol. The molecule has 4 heteroatoms. The molecule has 2 aromatic rings. The van der Waals surface area contributed by atoms with Crippen LogP contribution in [0.1, 0.15) is 29.7 Å². The number of rotatable bonds is 1. The third-order valence-corrected chi connectivity index (χ3v) is 3.68. The normalized spacial score (nSPS) is 21.6. The molecule has 0 bridgehead atoms. The smallest absolute Gasteiger partial charge is 0.142 e. The fraction of sp³-hybridized carbons (Fsp3) is 0.200. The lowest BCUT2D eigenvalue weighted by Crippen LogP contribution is -2.24. The van der Waals surface area contributed by atoms with Gasteiger partial charge in [-0.2, -0.15) is 0 Å². The molecule has 0 aromatic heterocycles. The van der Waals surface area contributed by atoms with E-state index in [2.05, 4.69) is 0 Å².